The van der Waals surface area contributed by atoms with Crippen molar-refractivity contribution in [3.63, 3.8) is 0 Å². The lowest BCUT2D eigenvalue weighted by molar-refractivity contribution is -0.126. The van der Waals surface area contributed by atoms with Gasteiger partial charge in [0.1, 0.15) is 0 Å². The Morgan fingerprint density at radius 2 is 2.00 bits per heavy atom. The van der Waals surface area contributed by atoms with E-state index in [-0.39, 0.29) is 12.0 Å². The van der Waals surface area contributed by atoms with Crippen molar-refractivity contribution in [1.82, 2.24) is 14.2 Å². The van der Waals surface area contributed by atoms with E-state index >= 15 is 0 Å². The van der Waals surface area contributed by atoms with Gasteiger partial charge in [-0.1, -0.05) is 18.2 Å². The van der Waals surface area contributed by atoms with Gasteiger partial charge in [0, 0.05) is 55.0 Å². The zero-order chi connectivity index (χ0) is 24.9. The molecule has 11 heteroatoms. The first kappa shape index (κ1) is 25.2. The Hall–Kier alpha value is -2.86. The summed E-state index contributed by atoms with van der Waals surface area (Å²) in [5.74, 6) is -2.34. The van der Waals surface area contributed by atoms with Gasteiger partial charge in [0.15, 0.2) is 16.0 Å². The van der Waals surface area contributed by atoms with Crippen molar-refractivity contribution in [2.24, 2.45) is 5.73 Å². The normalized spacial score (nSPS) is 16.3. The highest BCUT2D eigenvalue weighted by atomic mass is 32.2. The van der Waals surface area contributed by atoms with E-state index in [1.165, 1.54) is 36.3 Å². The first-order valence-electron chi connectivity index (χ1n) is 10.9. The van der Waals surface area contributed by atoms with Gasteiger partial charge >= 0.3 is 0 Å². The van der Waals surface area contributed by atoms with Crippen molar-refractivity contribution >= 4 is 35.1 Å². The molecule has 1 fully saturated rings. The van der Waals surface area contributed by atoms with E-state index in [2.05, 4.69) is 9.88 Å². The first-order chi connectivity index (χ1) is 16.8. The largest absolute Gasteiger partial charge is 0.374 e. The second-order valence-corrected chi connectivity index (χ2v) is 10.2. The molecule has 0 saturated carbocycles. The van der Waals surface area contributed by atoms with Gasteiger partial charge in [-0.15, -0.1) is 11.3 Å². The van der Waals surface area contributed by atoms with Gasteiger partial charge in [-0.05, 0) is 29.8 Å². The van der Waals surface area contributed by atoms with Crippen molar-refractivity contribution in [2.45, 2.75) is 23.9 Å². The maximum atomic E-state index is 13.5. The van der Waals surface area contributed by atoms with Gasteiger partial charge in [-0.2, -0.15) is 0 Å². The Bertz CT molecular complexity index is 1210. The van der Waals surface area contributed by atoms with Crippen LogP contribution in [-0.4, -0.2) is 58.3 Å². The van der Waals surface area contributed by atoms with Crippen LogP contribution < -0.4 is 5.73 Å². The van der Waals surface area contributed by atoms with Gasteiger partial charge in [0.25, 0.3) is 0 Å². The van der Waals surface area contributed by atoms with Gasteiger partial charge in [0.2, 0.25) is 11.8 Å². The molecule has 2 aromatic carbocycles. The Morgan fingerprint density at radius 1 is 1.23 bits per heavy atom. The molecule has 1 aliphatic heterocycles. The minimum atomic E-state index is -0.865. The maximum absolute atomic E-state index is 13.5. The van der Waals surface area contributed by atoms with E-state index in [9.17, 15) is 18.4 Å². The molecule has 1 aliphatic rings. The summed E-state index contributed by atoms with van der Waals surface area (Å²) in [4.78, 5) is 30.3. The number of rotatable bonds is 8. The molecule has 4 rings (SSSR count). The van der Waals surface area contributed by atoms with Crippen LogP contribution in [0.1, 0.15) is 22.8 Å². The predicted octanol–water partition coefficient (Wildman–Crippen LogP) is 3.94. The Balaban J connectivity index is 1.37. The van der Waals surface area contributed by atoms with Crippen LogP contribution in [0, 0.1) is 11.6 Å². The van der Waals surface area contributed by atoms with Crippen LogP contribution in [0.25, 0.3) is 11.3 Å². The summed E-state index contributed by atoms with van der Waals surface area (Å²) in [5, 5.41) is 1.89. The minimum absolute atomic E-state index is 0.126. The minimum Gasteiger partial charge on any atom is -0.374 e. The van der Waals surface area contributed by atoms with Crippen molar-refractivity contribution in [2.75, 3.05) is 26.2 Å². The third-order valence-corrected chi connectivity index (χ3v) is 7.49. The topological polar surface area (TPSA) is 88.8 Å². The van der Waals surface area contributed by atoms with Crippen LogP contribution in [0.15, 0.2) is 52.2 Å². The molecule has 1 atom stereocenters. The number of primary amides is 1. The molecule has 0 unspecified atom stereocenters. The number of thiazole rings is 1. The molecule has 2 amide bonds. The number of carbonyl (C=O) groups is 2. The summed E-state index contributed by atoms with van der Waals surface area (Å²) < 4.78 is 34.9. The molecular formula is C24H24F2N4O3S2. The number of benzene rings is 2. The fraction of sp³-hybridized carbons (Fsp3) is 0.292. The fourth-order valence-electron chi connectivity index (χ4n) is 3.68. The number of aromatic nitrogens is 1. The van der Waals surface area contributed by atoms with E-state index < -0.39 is 17.5 Å². The van der Waals surface area contributed by atoms with Crippen molar-refractivity contribution in [1.29, 1.82) is 0 Å². The number of halogens is 2. The molecule has 7 nitrogen and oxygen atoms in total. The molecule has 1 saturated heterocycles. The first-order valence-corrected chi connectivity index (χ1v) is 12.5. The van der Waals surface area contributed by atoms with Gasteiger partial charge in [-0.25, -0.2) is 13.8 Å². The van der Waals surface area contributed by atoms with E-state index in [4.69, 9.17) is 10.5 Å². The maximum Gasteiger partial charge on any atom is 0.248 e. The number of nitrogens with zero attached hydrogens (tertiary/aromatic N) is 3. The van der Waals surface area contributed by atoms with Gasteiger partial charge < -0.3 is 10.5 Å². The van der Waals surface area contributed by atoms with Crippen LogP contribution in [0.2, 0.25) is 0 Å². The van der Waals surface area contributed by atoms with E-state index in [0.29, 0.717) is 48.3 Å². The van der Waals surface area contributed by atoms with Gasteiger partial charge in [0.05, 0.1) is 24.9 Å². The molecule has 2 heterocycles. The number of hydrogen-bond acceptors (Lipinski definition) is 7. The number of amides is 2. The van der Waals surface area contributed by atoms with E-state index in [1.54, 1.807) is 34.6 Å². The van der Waals surface area contributed by atoms with E-state index in [1.807, 2.05) is 5.38 Å². The highest BCUT2D eigenvalue weighted by molar-refractivity contribution is 7.99. The predicted molar refractivity (Wildman–Crippen MR) is 131 cm³/mol. The second kappa shape index (κ2) is 11.3. The van der Waals surface area contributed by atoms with Crippen LogP contribution in [-0.2, 0) is 16.1 Å². The Kier molecular flexibility index (Phi) is 8.11. The number of morpholine rings is 1. The Morgan fingerprint density at radius 3 is 2.69 bits per heavy atom. The highest BCUT2D eigenvalue weighted by Crippen LogP contribution is 2.31. The summed E-state index contributed by atoms with van der Waals surface area (Å²) >= 11 is 2.67. The SMILES string of the molecule is CC(=O)N(C[C@@H]1CN(Cc2ccc(F)c(F)c2)CCO1)Sc1nc(-c2ccc(C(N)=O)cc2)cs1. The standard InChI is InChI=1S/C24H24F2N4O3S2/c1-15(31)30(35-24-28-22(14-34-24)17-3-5-18(6-4-17)23(27)32)13-19-12-29(8-9-33-19)11-16-2-7-20(25)21(26)10-16/h2-7,10,14,19H,8-9,11-13H2,1H3,(H2,27,32)/t19-/m0/s1. The zero-order valence-corrected chi connectivity index (χ0v) is 20.6. The lowest BCUT2D eigenvalue weighted by atomic mass is 10.1. The smallest absolute Gasteiger partial charge is 0.248 e. The summed E-state index contributed by atoms with van der Waals surface area (Å²) in [6, 6.07) is 10.8. The van der Waals surface area contributed by atoms with Crippen molar-refractivity contribution in [3.8, 4) is 11.3 Å². The summed E-state index contributed by atoms with van der Waals surface area (Å²) in [6.45, 7) is 4.01. The van der Waals surface area contributed by atoms with Crippen molar-refractivity contribution < 1.29 is 23.1 Å². The van der Waals surface area contributed by atoms with Crippen LogP contribution in [0.5, 0.6) is 0 Å². The molecule has 0 radical (unpaired) electrons. The fourth-order valence-corrected chi connectivity index (χ4v) is 5.51. The summed E-state index contributed by atoms with van der Waals surface area (Å²) in [6.07, 6.45) is -0.230. The zero-order valence-electron chi connectivity index (χ0n) is 18.9. The molecular weight excluding hydrogens is 494 g/mol. The quantitative estimate of drug-likeness (QED) is 0.455. The van der Waals surface area contributed by atoms with Crippen LogP contribution >= 0.6 is 23.3 Å². The molecule has 35 heavy (non-hydrogen) atoms. The Labute approximate surface area is 210 Å². The number of hydrogen-bond donors (Lipinski definition) is 1. The number of ether oxygens (including phenoxy) is 1. The summed E-state index contributed by atoms with van der Waals surface area (Å²) in [5.41, 5.74) is 7.98. The lowest BCUT2D eigenvalue weighted by Crippen LogP contribution is -2.46. The third kappa shape index (κ3) is 6.63. The molecule has 2 N–H and O–H groups in total. The number of nitrogens with two attached hydrogens (primary N) is 1. The average molecular weight is 519 g/mol. The monoisotopic (exact) mass is 518 g/mol. The number of carbonyl (C=O) groups excluding carboxylic acids is 2. The molecule has 0 spiro atoms. The van der Waals surface area contributed by atoms with Crippen LogP contribution in [0.3, 0.4) is 0 Å². The lowest BCUT2D eigenvalue weighted by Gasteiger charge is -2.35. The molecule has 0 aliphatic carbocycles. The molecule has 0 bridgehead atoms. The summed E-state index contributed by atoms with van der Waals surface area (Å²) in [7, 11) is 0. The average Bonchev–Trinajstić information content (AvgIpc) is 3.30. The molecule has 3 aromatic rings. The van der Waals surface area contributed by atoms with Crippen LogP contribution in [0.4, 0.5) is 8.78 Å². The van der Waals surface area contributed by atoms with E-state index in [0.717, 1.165) is 17.3 Å². The molecule has 184 valence electrons. The van der Waals surface area contributed by atoms with Gasteiger partial charge in [-0.3, -0.25) is 18.8 Å². The second-order valence-electron chi connectivity index (χ2n) is 8.09. The molecule has 1 aromatic heterocycles. The highest BCUT2D eigenvalue weighted by Gasteiger charge is 2.25. The third-order valence-electron chi connectivity index (χ3n) is 5.47. The van der Waals surface area contributed by atoms with Crippen molar-refractivity contribution in [3.05, 3.63) is 70.6 Å².